The molecule has 7 nitrogen and oxygen atoms in total. The van der Waals surface area contributed by atoms with E-state index in [2.05, 4.69) is 15.6 Å². The van der Waals surface area contributed by atoms with Gasteiger partial charge in [0.15, 0.2) is 5.58 Å². The molecule has 1 aliphatic rings. The molecule has 4 N–H and O–H groups in total. The summed E-state index contributed by atoms with van der Waals surface area (Å²) in [6.45, 7) is 1.55. The van der Waals surface area contributed by atoms with E-state index in [9.17, 15) is 9.90 Å². The van der Waals surface area contributed by atoms with Crippen molar-refractivity contribution in [1.82, 2.24) is 10.3 Å². The van der Waals surface area contributed by atoms with Crippen LogP contribution in [0.4, 0.5) is 11.4 Å². The van der Waals surface area contributed by atoms with Crippen LogP contribution in [-0.2, 0) is 6.42 Å². The number of carbonyl (C=O) groups is 1. The number of hydrogen-bond acceptors (Lipinski definition) is 6. The molecule has 0 fully saturated rings. The fraction of sp³-hybridized carbons (Fsp3) is 0.250. The molecule has 0 unspecified atom stereocenters. The number of amides is 1. The van der Waals surface area contributed by atoms with Crippen LogP contribution in [0.15, 0.2) is 41.1 Å². The maximum absolute atomic E-state index is 12.6. The van der Waals surface area contributed by atoms with Crippen LogP contribution in [0, 0.1) is 5.41 Å². The van der Waals surface area contributed by atoms with Gasteiger partial charge in [-0.05, 0) is 49.1 Å². The summed E-state index contributed by atoms with van der Waals surface area (Å²) in [4.78, 5) is 16.7. The lowest BCUT2D eigenvalue weighted by Crippen LogP contribution is -2.35. The molecular weight excluding hydrogens is 344 g/mol. The van der Waals surface area contributed by atoms with Crippen LogP contribution in [0.2, 0.25) is 0 Å². The first kappa shape index (κ1) is 17.2. The number of aliphatic hydroxyl groups is 1. The number of fused-ring (bicyclic) bond motifs is 2. The van der Waals surface area contributed by atoms with Crippen LogP contribution < -0.4 is 10.6 Å². The lowest BCUT2D eigenvalue weighted by atomic mass is 10.1. The second kappa shape index (κ2) is 6.85. The van der Waals surface area contributed by atoms with Crippen molar-refractivity contribution in [2.24, 2.45) is 0 Å². The van der Waals surface area contributed by atoms with E-state index in [1.165, 1.54) is 0 Å². The lowest BCUT2D eigenvalue weighted by molar-refractivity contribution is 0.0897. The van der Waals surface area contributed by atoms with Crippen LogP contribution in [0.5, 0.6) is 0 Å². The van der Waals surface area contributed by atoms with Crippen LogP contribution in [0.3, 0.4) is 0 Å². The number of aryl methyl sites for hydroxylation is 1. The largest absolute Gasteiger partial charge is 0.447 e. The number of pyridine rings is 1. The standard InChI is InChI=1S/C20H20N4O3/c1-11(10-25)23-20(26)19-18(15-6-7-22-9-17(15)27-19)24-13-3-4-14-12(8-13)2-5-16(14)21/h3-4,6-9,11,21,24-25H,2,5,10H2,1H3,(H,23,26)/t11-/m0/s1. The Morgan fingerprint density at radius 1 is 1.37 bits per heavy atom. The van der Waals surface area contributed by atoms with Gasteiger partial charge in [-0.3, -0.25) is 9.78 Å². The zero-order valence-electron chi connectivity index (χ0n) is 14.9. The number of benzene rings is 1. The molecule has 2 heterocycles. The highest BCUT2D eigenvalue weighted by atomic mass is 16.3. The van der Waals surface area contributed by atoms with Gasteiger partial charge in [0.1, 0.15) is 0 Å². The second-order valence-corrected chi connectivity index (χ2v) is 6.71. The van der Waals surface area contributed by atoms with E-state index >= 15 is 0 Å². The third-order valence-corrected chi connectivity index (χ3v) is 4.69. The van der Waals surface area contributed by atoms with Gasteiger partial charge in [0.05, 0.1) is 18.5 Å². The van der Waals surface area contributed by atoms with Crippen molar-refractivity contribution in [1.29, 1.82) is 5.41 Å². The van der Waals surface area contributed by atoms with Gasteiger partial charge in [-0.2, -0.15) is 0 Å². The SMILES string of the molecule is C[C@@H](CO)NC(=O)c1oc2cnccc2c1Nc1ccc2c(c1)CCC2=N. The van der Waals surface area contributed by atoms with E-state index in [0.29, 0.717) is 17.0 Å². The summed E-state index contributed by atoms with van der Waals surface area (Å²) in [5, 5.41) is 23.9. The molecule has 0 spiro atoms. The smallest absolute Gasteiger partial charge is 0.289 e. The Bertz CT molecular complexity index is 1040. The number of hydrogen-bond donors (Lipinski definition) is 4. The van der Waals surface area contributed by atoms with Crippen molar-refractivity contribution in [3.05, 3.63) is 53.5 Å². The van der Waals surface area contributed by atoms with Crippen LogP contribution in [0.25, 0.3) is 11.0 Å². The zero-order valence-corrected chi connectivity index (χ0v) is 14.9. The molecule has 4 rings (SSSR count). The molecule has 0 bridgehead atoms. The van der Waals surface area contributed by atoms with E-state index in [-0.39, 0.29) is 18.4 Å². The molecule has 3 aromatic rings. The monoisotopic (exact) mass is 364 g/mol. The predicted octanol–water partition coefficient (Wildman–Crippen LogP) is 3.00. The third-order valence-electron chi connectivity index (χ3n) is 4.69. The first-order chi connectivity index (χ1) is 13.1. The molecule has 1 atom stereocenters. The minimum absolute atomic E-state index is 0.145. The molecule has 0 aliphatic heterocycles. The number of nitrogens with one attached hydrogen (secondary N) is 3. The van der Waals surface area contributed by atoms with E-state index in [1.54, 1.807) is 25.4 Å². The van der Waals surface area contributed by atoms with Crippen LogP contribution in [0.1, 0.15) is 35.0 Å². The Hall–Kier alpha value is -3.19. The Kier molecular flexibility index (Phi) is 4.37. The van der Waals surface area contributed by atoms with Crippen molar-refractivity contribution in [2.45, 2.75) is 25.8 Å². The van der Waals surface area contributed by atoms with Crippen LogP contribution >= 0.6 is 0 Å². The topological polar surface area (TPSA) is 111 Å². The maximum Gasteiger partial charge on any atom is 0.289 e. The highest BCUT2D eigenvalue weighted by molar-refractivity contribution is 6.07. The first-order valence-corrected chi connectivity index (χ1v) is 8.83. The number of carbonyl (C=O) groups excluding carboxylic acids is 1. The molecule has 1 aliphatic carbocycles. The molecule has 1 aromatic carbocycles. The van der Waals surface area contributed by atoms with Crippen LogP contribution in [-0.4, -0.2) is 34.4 Å². The third kappa shape index (κ3) is 3.17. The fourth-order valence-electron chi connectivity index (χ4n) is 3.28. The van der Waals surface area contributed by atoms with E-state index in [4.69, 9.17) is 9.83 Å². The summed E-state index contributed by atoms with van der Waals surface area (Å²) in [6, 6.07) is 7.25. The van der Waals surface area contributed by atoms with Gasteiger partial charge in [0, 0.05) is 29.0 Å². The number of anilines is 2. The number of aliphatic hydroxyl groups excluding tert-OH is 1. The highest BCUT2D eigenvalue weighted by Crippen LogP contribution is 2.34. The van der Waals surface area contributed by atoms with Gasteiger partial charge in [0.25, 0.3) is 5.91 Å². The lowest BCUT2D eigenvalue weighted by Gasteiger charge is -2.12. The molecule has 7 heteroatoms. The van der Waals surface area contributed by atoms with E-state index in [0.717, 1.165) is 35.0 Å². The van der Waals surface area contributed by atoms with E-state index in [1.807, 2.05) is 18.2 Å². The van der Waals surface area contributed by atoms with Crippen molar-refractivity contribution < 1.29 is 14.3 Å². The highest BCUT2D eigenvalue weighted by Gasteiger charge is 2.23. The molecular formula is C20H20N4O3. The first-order valence-electron chi connectivity index (χ1n) is 8.83. The van der Waals surface area contributed by atoms with Gasteiger partial charge in [-0.15, -0.1) is 0 Å². The summed E-state index contributed by atoms with van der Waals surface area (Å²) >= 11 is 0. The quantitative estimate of drug-likeness (QED) is 0.556. The zero-order chi connectivity index (χ0) is 19.0. The molecule has 0 saturated heterocycles. The Morgan fingerprint density at radius 2 is 2.22 bits per heavy atom. The minimum atomic E-state index is -0.404. The predicted molar refractivity (Wildman–Crippen MR) is 103 cm³/mol. The normalized spacial score (nSPS) is 14.2. The van der Waals surface area contributed by atoms with Crippen molar-refractivity contribution in [3.8, 4) is 0 Å². The average molecular weight is 364 g/mol. The second-order valence-electron chi connectivity index (χ2n) is 6.71. The Balaban J connectivity index is 1.73. The Morgan fingerprint density at radius 3 is 3.04 bits per heavy atom. The molecule has 138 valence electrons. The van der Waals surface area contributed by atoms with E-state index < -0.39 is 5.91 Å². The summed E-state index contributed by atoms with van der Waals surface area (Å²) in [5.74, 6) is -0.260. The van der Waals surface area contributed by atoms with Gasteiger partial charge in [0.2, 0.25) is 5.76 Å². The van der Waals surface area contributed by atoms with Crippen molar-refractivity contribution >= 4 is 34.0 Å². The molecule has 0 saturated carbocycles. The number of aromatic nitrogens is 1. The number of nitrogens with zero attached hydrogens (tertiary/aromatic N) is 1. The Labute approximate surface area is 155 Å². The summed E-state index contributed by atoms with van der Waals surface area (Å²) in [6.07, 6.45) is 4.81. The molecule has 1 amide bonds. The van der Waals surface area contributed by atoms with Gasteiger partial charge in [-0.1, -0.05) is 6.07 Å². The van der Waals surface area contributed by atoms with Gasteiger partial charge in [-0.25, -0.2) is 0 Å². The number of furan rings is 1. The molecule has 0 radical (unpaired) electrons. The fourth-order valence-corrected chi connectivity index (χ4v) is 3.28. The average Bonchev–Trinajstić information content (AvgIpc) is 3.23. The number of rotatable bonds is 5. The summed E-state index contributed by atoms with van der Waals surface area (Å²) in [5.41, 5.74) is 4.66. The van der Waals surface area contributed by atoms with Gasteiger partial charge < -0.3 is 25.6 Å². The molecule has 27 heavy (non-hydrogen) atoms. The molecule has 2 aromatic heterocycles. The maximum atomic E-state index is 12.6. The van der Waals surface area contributed by atoms with Crippen molar-refractivity contribution in [3.63, 3.8) is 0 Å². The van der Waals surface area contributed by atoms with Crippen molar-refractivity contribution in [2.75, 3.05) is 11.9 Å². The minimum Gasteiger partial charge on any atom is -0.447 e. The van der Waals surface area contributed by atoms with Gasteiger partial charge >= 0.3 is 0 Å². The summed E-state index contributed by atoms with van der Waals surface area (Å²) in [7, 11) is 0. The summed E-state index contributed by atoms with van der Waals surface area (Å²) < 4.78 is 5.74.